The number of benzene rings is 1. The van der Waals surface area contributed by atoms with Crippen molar-refractivity contribution in [3.8, 4) is 0 Å². The summed E-state index contributed by atoms with van der Waals surface area (Å²) in [5.74, 6) is -0.220. The lowest BCUT2D eigenvalue weighted by Gasteiger charge is -2.12. The van der Waals surface area contributed by atoms with E-state index in [0.29, 0.717) is 0 Å². The second-order valence-electron chi connectivity index (χ2n) is 3.52. The van der Waals surface area contributed by atoms with E-state index in [2.05, 4.69) is 15.9 Å². The quantitative estimate of drug-likeness (QED) is 0.623. The van der Waals surface area contributed by atoms with Crippen LogP contribution in [-0.4, -0.2) is 37.9 Å². The number of hydrogen-bond acceptors (Lipinski definition) is 3. The molecule has 4 nitrogen and oxygen atoms in total. The fraction of sp³-hybridized carbons (Fsp3) is 0.300. The number of sulfonamides is 1. The van der Waals surface area contributed by atoms with Gasteiger partial charge in [-0.15, -0.1) is 0 Å². The molecule has 0 aliphatic rings. The van der Waals surface area contributed by atoms with Gasteiger partial charge in [0.2, 0.25) is 10.0 Å². The van der Waals surface area contributed by atoms with Gasteiger partial charge in [-0.1, -0.05) is 27.5 Å². The number of Topliss-reactive ketones (excluding diaryl/α,β-unsaturated/α-hetero) is 1. The van der Waals surface area contributed by atoms with E-state index in [-0.39, 0.29) is 26.6 Å². The standard InChI is InChI=1S/C10H11BrClNO3S/c1-13(2)17(15,16)9-4-7(10(14)6-11)3-8(12)5-9/h3-5H,6H2,1-2H3. The zero-order chi connectivity index (χ0) is 13.2. The lowest BCUT2D eigenvalue weighted by atomic mass is 10.1. The Hall–Kier alpha value is -0.430. The highest BCUT2D eigenvalue weighted by Crippen LogP contribution is 2.21. The molecular formula is C10H11BrClNO3S. The number of ketones is 1. The zero-order valence-corrected chi connectivity index (χ0v) is 12.4. The SMILES string of the molecule is CN(C)S(=O)(=O)c1cc(Cl)cc(C(=O)CBr)c1. The average Bonchev–Trinajstić information content (AvgIpc) is 2.26. The molecule has 0 aromatic heterocycles. The second kappa shape index (κ2) is 5.48. The van der Waals surface area contributed by atoms with Crippen LogP contribution < -0.4 is 0 Å². The summed E-state index contributed by atoms with van der Waals surface area (Å²) < 4.78 is 24.9. The molecule has 0 aliphatic heterocycles. The molecule has 0 unspecified atom stereocenters. The van der Waals surface area contributed by atoms with Gasteiger partial charge in [0.15, 0.2) is 5.78 Å². The largest absolute Gasteiger partial charge is 0.293 e. The summed E-state index contributed by atoms with van der Waals surface area (Å²) >= 11 is 8.84. The minimum absolute atomic E-state index is 0.0132. The van der Waals surface area contributed by atoms with Gasteiger partial charge in [0.05, 0.1) is 10.2 Å². The van der Waals surface area contributed by atoms with Crippen LogP contribution in [0.15, 0.2) is 23.1 Å². The normalized spacial score (nSPS) is 11.8. The topological polar surface area (TPSA) is 54.5 Å². The van der Waals surface area contributed by atoms with E-state index >= 15 is 0 Å². The van der Waals surface area contributed by atoms with Gasteiger partial charge in [-0.2, -0.15) is 0 Å². The molecule has 0 spiro atoms. The summed E-state index contributed by atoms with van der Waals surface area (Å²) in [6, 6.07) is 4.09. The molecule has 1 aromatic carbocycles. The van der Waals surface area contributed by atoms with Gasteiger partial charge in [-0.3, -0.25) is 4.79 Å². The zero-order valence-electron chi connectivity index (χ0n) is 9.28. The molecular weight excluding hydrogens is 330 g/mol. The molecule has 0 fully saturated rings. The Bertz CT molecular complexity index is 542. The first-order valence-electron chi connectivity index (χ1n) is 4.61. The van der Waals surface area contributed by atoms with Gasteiger partial charge in [0, 0.05) is 24.7 Å². The molecule has 1 rings (SSSR count). The maximum Gasteiger partial charge on any atom is 0.242 e. The van der Waals surface area contributed by atoms with Crippen molar-refractivity contribution in [2.24, 2.45) is 0 Å². The Morgan fingerprint density at radius 1 is 1.35 bits per heavy atom. The van der Waals surface area contributed by atoms with Crippen LogP contribution in [0.1, 0.15) is 10.4 Å². The second-order valence-corrected chi connectivity index (χ2v) is 6.67. The van der Waals surface area contributed by atoms with Crippen LogP contribution in [0.2, 0.25) is 5.02 Å². The highest BCUT2D eigenvalue weighted by atomic mass is 79.9. The summed E-state index contributed by atoms with van der Waals surface area (Å²) in [4.78, 5) is 11.5. The van der Waals surface area contributed by atoms with Crippen molar-refractivity contribution < 1.29 is 13.2 Å². The highest BCUT2D eigenvalue weighted by molar-refractivity contribution is 9.09. The molecule has 0 heterocycles. The molecule has 0 amide bonds. The van der Waals surface area contributed by atoms with Crippen LogP contribution in [0.25, 0.3) is 0 Å². The molecule has 7 heteroatoms. The Labute approximate surface area is 114 Å². The minimum atomic E-state index is -3.58. The van der Waals surface area contributed by atoms with Crippen LogP contribution >= 0.6 is 27.5 Å². The number of hydrogen-bond donors (Lipinski definition) is 0. The van der Waals surface area contributed by atoms with Crippen LogP contribution in [0.5, 0.6) is 0 Å². The number of carbonyl (C=O) groups excluding carboxylic acids is 1. The smallest absolute Gasteiger partial charge is 0.242 e. The van der Waals surface area contributed by atoms with Crippen molar-refractivity contribution in [3.63, 3.8) is 0 Å². The first-order chi connectivity index (χ1) is 7.78. The molecule has 0 saturated carbocycles. The molecule has 94 valence electrons. The summed E-state index contributed by atoms with van der Waals surface area (Å²) in [6.07, 6.45) is 0. The van der Waals surface area contributed by atoms with Crippen LogP contribution in [0, 0.1) is 0 Å². The van der Waals surface area contributed by atoms with E-state index < -0.39 is 10.0 Å². The molecule has 0 N–H and O–H groups in total. The van der Waals surface area contributed by atoms with E-state index in [1.807, 2.05) is 0 Å². The number of carbonyl (C=O) groups is 1. The molecule has 0 radical (unpaired) electrons. The molecule has 0 saturated heterocycles. The Morgan fingerprint density at radius 3 is 2.41 bits per heavy atom. The lowest BCUT2D eigenvalue weighted by Crippen LogP contribution is -2.22. The van der Waals surface area contributed by atoms with Gasteiger partial charge in [0.1, 0.15) is 0 Å². The highest BCUT2D eigenvalue weighted by Gasteiger charge is 2.19. The van der Waals surface area contributed by atoms with Crippen molar-refractivity contribution in [1.29, 1.82) is 0 Å². The molecule has 0 aliphatic carbocycles. The van der Waals surface area contributed by atoms with Crippen molar-refractivity contribution in [3.05, 3.63) is 28.8 Å². The lowest BCUT2D eigenvalue weighted by molar-refractivity contribution is 0.102. The number of alkyl halides is 1. The fourth-order valence-electron chi connectivity index (χ4n) is 1.16. The first kappa shape index (κ1) is 14.6. The van der Waals surface area contributed by atoms with Crippen LogP contribution in [0.4, 0.5) is 0 Å². The van der Waals surface area contributed by atoms with E-state index in [1.54, 1.807) is 0 Å². The van der Waals surface area contributed by atoms with Crippen LogP contribution in [0.3, 0.4) is 0 Å². The molecule has 17 heavy (non-hydrogen) atoms. The monoisotopic (exact) mass is 339 g/mol. The predicted molar refractivity (Wildman–Crippen MR) is 70.4 cm³/mol. The van der Waals surface area contributed by atoms with Gasteiger partial charge >= 0.3 is 0 Å². The number of rotatable bonds is 4. The third-order valence-corrected chi connectivity index (χ3v) is 4.61. The number of halogens is 2. The van der Waals surface area contributed by atoms with E-state index in [4.69, 9.17) is 11.6 Å². The molecule has 1 aromatic rings. The Morgan fingerprint density at radius 2 is 1.94 bits per heavy atom. The van der Waals surface area contributed by atoms with Crippen molar-refractivity contribution in [2.75, 3.05) is 19.4 Å². The van der Waals surface area contributed by atoms with Crippen molar-refractivity contribution >= 4 is 43.3 Å². The summed E-state index contributed by atoms with van der Waals surface area (Å²) in [6.45, 7) is 0. The maximum atomic E-state index is 11.9. The average molecular weight is 341 g/mol. The van der Waals surface area contributed by atoms with Gasteiger partial charge < -0.3 is 0 Å². The van der Waals surface area contributed by atoms with Gasteiger partial charge in [-0.25, -0.2) is 12.7 Å². The van der Waals surface area contributed by atoms with Crippen molar-refractivity contribution in [2.45, 2.75) is 4.90 Å². The fourth-order valence-corrected chi connectivity index (χ4v) is 2.76. The summed E-state index contributed by atoms with van der Waals surface area (Å²) in [5, 5.41) is 0.339. The summed E-state index contributed by atoms with van der Waals surface area (Å²) in [7, 11) is -0.745. The third kappa shape index (κ3) is 3.28. The van der Waals surface area contributed by atoms with Gasteiger partial charge in [0.25, 0.3) is 0 Å². The van der Waals surface area contributed by atoms with Gasteiger partial charge in [-0.05, 0) is 18.2 Å². The van der Waals surface area contributed by atoms with E-state index in [9.17, 15) is 13.2 Å². The number of nitrogens with zero attached hydrogens (tertiary/aromatic N) is 1. The van der Waals surface area contributed by atoms with Crippen molar-refractivity contribution in [1.82, 2.24) is 4.31 Å². The predicted octanol–water partition coefficient (Wildman–Crippen LogP) is 2.17. The van der Waals surface area contributed by atoms with E-state index in [0.717, 1.165) is 4.31 Å². The van der Waals surface area contributed by atoms with E-state index in [1.165, 1.54) is 32.3 Å². The Kier molecular flexibility index (Phi) is 4.71. The maximum absolute atomic E-state index is 11.9. The minimum Gasteiger partial charge on any atom is -0.293 e. The third-order valence-electron chi connectivity index (χ3n) is 2.09. The van der Waals surface area contributed by atoms with Crippen LogP contribution in [-0.2, 0) is 10.0 Å². The Balaban J connectivity index is 3.38. The first-order valence-corrected chi connectivity index (χ1v) is 7.55. The molecule has 0 bridgehead atoms. The molecule has 0 atom stereocenters. The summed E-state index contributed by atoms with van der Waals surface area (Å²) in [5.41, 5.74) is 0.273.